The molecule has 1 aromatic rings. The van der Waals surface area contributed by atoms with Crippen molar-refractivity contribution in [3.05, 3.63) is 29.8 Å². The number of aryl methyl sites for hydroxylation is 1. The van der Waals surface area contributed by atoms with Crippen molar-refractivity contribution in [2.45, 2.75) is 96.3 Å². The first-order chi connectivity index (χ1) is 13.5. The van der Waals surface area contributed by atoms with Gasteiger partial charge in [-0.25, -0.2) is 0 Å². The highest BCUT2D eigenvalue weighted by Gasteiger charge is 2.31. The van der Waals surface area contributed by atoms with Crippen molar-refractivity contribution in [2.24, 2.45) is 17.8 Å². The molecular formula is C24H35F3O. The zero-order chi connectivity index (χ0) is 19.8. The molecule has 0 bridgehead atoms. The monoisotopic (exact) mass is 396 g/mol. The summed E-state index contributed by atoms with van der Waals surface area (Å²) < 4.78 is 40.6. The molecule has 0 spiro atoms. The van der Waals surface area contributed by atoms with Crippen LogP contribution in [0.25, 0.3) is 0 Å². The van der Waals surface area contributed by atoms with Gasteiger partial charge in [-0.3, -0.25) is 0 Å². The largest absolute Gasteiger partial charge is 0.573 e. The summed E-state index contributed by atoms with van der Waals surface area (Å²) in [6.45, 7) is 0. The minimum absolute atomic E-state index is 0.135. The molecule has 0 heterocycles. The third-order valence-electron chi connectivity index (χ3n) is 6.91. The predicted octanol–water partition coefficient (Wildman–Crippen LogP) is 8.07. The molecule has 2 fully saturated rings. The second-order valence-electron chi connectivity index (χ2n) is 9.05. The Kier molecular flexibility index (Phi) is 8.11. The molecule has 2 aliphatic carbocycles. The van der Waals surface area contributed by atoms with Gasteiger partial charge in [0.1, 0.15) is 5.75 Å². The molecule has 0 aliphatic heterocycles. The van der Waals surface area contributed by atoms with Crippen LogP contribution in [-0.4, -0.2) is 6.36 Å². The van der Waals surface area contributed by atoms with Crippen LogP contribution in [0.4, 0.5) is 13.2 Å². The summed E-state index contributed by atoms with van der Waals surface area (Å²) in [6.07, 6.45) is 14.4. The van der Waals surface area contributed by atoms with Crippen LogP contribution >= 0.6 is 0 Å². The number of halogens is 3. The third kappa shape index (κ3) is 7.67. The summed E-state index contributed by atoms with van der Waals surface area (Å²) in [7, 11) is 0. The van der Waals surface area contributed by atoms with Crippen LogP contribution < -0.4 is 4.74 Å². The zero-order valence-electron chi connectivity index (χ0n) is 17.0. The smallest absolute Gasteiger partial charge is 0.406 e. The van der Waals surface area contributed by atoms with Crippen LogP contribution in [0.3, 0.4) is 0 Å². The average Bonchev–Trinajstić information content (AvgIpc) is 3.18. The maximum Gasteiger partial charge on any atom is 0.573 e. The molecule has 0 amide bonds. The molecule has 2 saturated carbocycles. The molecule has 1 aromatic carbocycles. The van der Waals surface area contributed by atoms with Crippen molar-refractivity contribution in [3.8, 4) is 5.75 Å². The molecular weight excluding hydrogens is 361 g/mol. The van der Waals surface area contributed by atoms with Crippen molar-refractivity contribution in [3.63, 3.8) is 0 Å². The first-order valence-electron chi connectivity index (χ1n) is 11.3. The van der Waals surface area contributed by atoms with E-state index in [4.69, 9.17) is 0 Å². The lowest BCUT2D eigenvalue weighted by molar-refractivity contribution is -0.274. The second-order valence-corrected chi connectivity index (χ2v) is 9.05. The van der Waals surface area contributed by atoms with Gasteiger partial charge in [0.2, 0.25) is 0 Å². The summed E-state index contributed by atoms with van der Waals surface area (Å²) in [5.41, 5.74) is 1.10. The zero-order valence-corrected chi connectivity index (χ0v) is 17.0. The summed E-state index contributed by atoms with van der Waals surface area (Å²) in [5, 5.41) is 0. The molecule has 0 atom stereocenters. The standard InChI is InChI=1S/C24H35F3O/c25-24(26,27)28-23-17-15-22(16-18-23)14-13-21-11-9-20(10-12-21)8-4-3-7-19-5-1-2-6-19/h15-21H,1-14H2/t20-,21-. The third-order valence-corrected chi connectivity index (χ3v) is 6.91. The fourth-order valence-electron chi connectivity index (χ4n) is 5.20. The van der Waals surface area contributed by atoms with Gasteiger partial charge in [-0.1, -0.05) is 89.2 Å². The second kappa shape index (κ2) is 10.5. The van der Waals surface area contributed by atoms with Gasteiger partial charge in [-0.05, 0) is 48.3 Å². The van der Waals surface area contributed by atoms with E-state index in [1.165, 1.54) is 89.2 Å². The predicted molar refractivity (Wildman–Crippen MR) is 107 cm³/mol. The SMILES string of the molecule is FC(F)(F)Oc1ccc(CC[C@H]2CC[C@H](CCCCC3CCCC3)CC2)cc1. The molecule has 0 aromatic heterocycles. The van der Waals surface area contributed by atoms with E-state index in [1.54, 1.807) is 12.1 Å². The van der Waals surface area contributed by atoms with Crippen molar-refractivity contribution >= 4 is 0 Å². The van der Waals surface area contributed by atoms with Crippen LogP contribution in [0.5, 0.6) is 5.75 Å². The van der Waals surface area contributed by atoms with Gasteiger partial charge in [0.15, 0.2) is 0 Å². The lowest BCUT2D eigenvalue weighted by Gasteiger charge is -2.28. The summed E-state index contributed by atoms with van der Waals surface area (Å²) in [6, 6.07) is 6.37. The van der Waals surface area contributed by atoms with E-state index >= 15 is 0 Å². The number of unbranched alkanes of at least 4 members (excludes halogenated alkanes) is 1. The average molecular weight is 397 g/mol. The molecule has 4 heteroatoms. The Hall–Kier alpha value is -1.19. The molecule has 1 nitrogen and oxygen atoms in total. The summed E-state index contributed by atoms with van der Waals surface area (Å²) in [4.78, 5) is 0. The Balaban J connectivity index is 1.27. The van der Waals surface area contributed by atoms with E-state index in [9.17, 15) is 13.2 Å². The molecule has 3 rings (SSSR count). The lowest BCUT2D eigenvalue weighted by atomic mass is 9.77. The summed E-state index contributed by atoms with van der Waals surface area (Å²) >= 11 is 0. The van der Waals surface area contributed by atoms with Gasteiger partial charge in [-0.15, -0.1) is 13.2 Å². The molecule has 0 N–H and O–H groups in total. The Morgan fingerprint density at radius 3 is 1.75 bits per heavy atom. The topological polar surface area (TPSA) is 9.23 Å². The molecule has 158 valence electrons. The van der Waals surface area contributed by atoms with Crippen molar-refractivity contribution in [2.75, 3.05) is 0 Å². The van der Waals surface area contributed by atoms with Crippen LogP contribution in [0.2, 0.25) is 0 Å². The molecule has 0 saturated heterocycles. The van der Waals surface area contributed by atoms with Crippen molar-refractivity contribution in [1.82, 2.24) is 0 Å². The number of rotatable bonds is 9. The summed E-state index contributed by atoms with van der Waals surface area (Å²) in [5.74, 6) is 2.61. The number of alkyl halides is 3. The van der Waals surface area contributed by atoms with E-state index in [-0.39, 0.29) is 5.75 Å². The molecule has 0 radical (unpaired) electrons. The van der Waals surface area contributed by atoms with E-state index in [2.05, 4.69) is 4.74 Å². The van der Waals surface area contributed by atoms with Gasteiger partial charge in [-0.2, -0.15) is 0 Å². The maximum absolute atomic E-state index is 12.2. The number of hydrogen-bond donors (Lipinski definition) is 0. The van der Waals surface area contributed by atoms with E-state index in [1.807, 2.05) is 0 Å². The van der Waals surface area contributed by atoms with E-state index in [0.29, 0.717) is 0 Å². The number of ether oxygens (including phenoxy) is 1. The van der Waals surface area contributed by atoms with Gasteiger partial charge < -0.3 is 4.74 Å². The minimum Gasteiger partial charge on any atom is -0.406 e. The van der Waals surface area contributed by atoms with Crippen LogP contribution in [-0.2, 0) is 6.42 Å². The van der Waals surface area contributed by atoms with Gasteiger partial charge in [0, 0.05) is 0 Å². The first-order valence-corrected chi connectivity index (χ1v) is 11.3. The molecule has 28 heavy (non-hydrogen) atoms. The highest BCUT2D eigenvalue weighted by Crippen LogP contribution is 2.35. The fourth-order valence-corrected chi connectivity index (χ4v) is 5.20. The highest BCUT2D eigenvalue weighted by molar-refractivity contribution is 5.27. The van der Waals surface area contributed by atoms with Crippen molar-refractivity contribution in [1.29, 1.82) is 0 Å². The number of benzene rings is 1. The first kappa shape index (κ1) is 21.5. The Morgan fingerprint density at radius 2 is 1.21 bits per heavy atom. The van der Waals surface area contributed by atoms with Gasteiger partial charge >= 0.3 is 6.36 Å². The highest BCUT2D eigenvalue weighted by atomic mass is 19.4. The lowest BCUT2D eigenvalue weighted by Crippen LogP contribution is -2.17. The van der Waals surface area contributed by atoms with Crippen LogP contribution in [0, 0.1) is 17.8 Å². The van der Waals surface area contributed by atoms with Crippen molar-refractivity contribution < 1.29 is 17.9 Å². The minimum atomic E-state index is -4.61. The molecule has 2 aliphatic rings. The quantitative estimate of drug-likeness (QED) is 0.383. The maximum atomic E-state index is 12.2. The fraction of sp³-hybridized carbons (Fsp3) is 0.750. The Labute approximate surface area is 168 Å². The Morgan fingerprint density at radius 1 is 0.714 bits per heavy atom. The Bertz CT molecular complexity index is 552. The van der Waals surface area contributed by atoms with E-state index in [0.717, 1.165) is 36.2 Å². The molecule has 0 unspecified atom stereocenters. The van der Waals surface area contributed by atoms with Gasteiger partial charge in [0.05, 0.1) is 0 Å². The van der Waals surface area contributed by atoms with E-state index < -0.39 is 6.36 Å². The number of hydrogen-bond acceptors (Lipinski definition) is 1. The normalized spacial score (nSPS) is 23.8. The van der Waals surface area contributed by atoms with Crippen LogP contribution in [0.1, 0.15) is 89.0 Å². The van der Waals surface area contributed by atoms with Crippen LogP contribution in [0.15, 0.2) is 24.3 Å². The van der Waals surface area contributed by atoms with Gasteiger partial charge in [0.25, 0.3) is 0 Å².